The van der Waals surface area contributed by atoms with Crippen LogP contribution in [0.3, 0.4) is 0 Å². The number of rotatable bonds is 6. The van der Waals surface area contributed by atoms with Gasteiger partial charge >= 0.3 is 12.1 Å². The number of carboxylic acid groups (broad SMARTS) is 1. The fourth-order valence-electron chi connectivity index (χ4n) is 4.99. The molecule has 1 aromatic heterocycles. The number of amides is 2. The van der Waals surface area contributed by atoms with Gasteiger partial charge in [-0.3, -0.25) is 10.1 Å². The first kappa shape index (κ1) is 23.0. The second kappa shape index (κ2) is 9.50. The molecule has 1 fully saturated rings. The third-order valence-electron chi connectivity index (χ3n) is 6.75. The van der Waals surface area contributed by atoms with Crippen molar-refractivity contribution < 1.29 is 24.2 Å². The quantitative estimate of drug-likeness (QED) is 0.446. The van der Waals surface area contributed by atoms with Crippen LogP contribution in [0.15, 0.2) is 54.7 Å². The molecule has 2 aliphatic carbocycles. The summed E-state index contributed by atoms with van der Waals surface area (Å²) in [6, 6.07) is 16.2. The molecule has 180 valence electrons. The van der Waals surface area contributed by atoms with E-state index in [1.165, 1.54) is 6.20 Å². The first-order valence-electron chi connectivity index (χ1n) is 11.6. The number of nitrogens with one attached hydrogen (secondary N) is 2. The van der Waals surface area contributed by atoms with Crippen molar-refractivity contribution in [1.29, 1.82) is 0 Å². The molecule has 2 aromatic carbocycles. The maximum absolute atomic E-state index is 12.7. The van der Waals surface area contributed by atoms with Crippen LogP contribution < -0.4 is 10.6 Å². The number of aliphatic carboxylic acids is 1. The summed E-state index contributed by atoms with van der Waals surface area (Å²) in [5.41, 5.74) is 3.27. The van der Waals surface area contributed by atoms with E-state index in [0.29, 0.717) is 12.8 Å². The smallest absolute Gasteiger partial charge is 0.413 e. The minimum absolute atomic E-state index is 0.0616. The summed E-state index contributed by atoms with van der Waals surface area (Å²) < 4.78 is 5.52. The Bertz CT molecular complexity index is 1240. The van der Waals surface area contributed by atoms with Gasteiger partial charge in [0, 0.05) is 5.92 Å². The molecule has 0 unspecified atom stereocenters. The average molecular weight is 492 g/mol. The van der Waals surface area contributed by atoms with Crippen LogP contribution in [0.1, 0.15) is 58.8 Å². The first-order chi connectivity index (χ1) is 17.0. The van der Waals surface area contributed by atoms with Gasteiger partial charge in [-0.15, -0.1) is 0 Å². The lowest BCUT2D eigenvalue weighted by molar-refractivity contribution is -0.145. The average Bonchev–Trinajstić information content (AvgIpc) is 3.46. The monoisotopic (exact) mass is 491 g/mol. The maximum atomic E-state index is 12.7. The van der Waals surface area contributed by atoms with Crippen molar-refractivity contribution in [3.8, 4) is 11.1 Å². The van der Waals surface area contributed by atoms with E-state index in [2.05, 4.69) is 27.8 Å². The van der Waals surface area contributed by atoms with E-state index in [-0.39, 0.29) is 22.5 Å². The van der Waals surface area contributed by atoms with Crippen molar-refractivity contribution in [2.45, 2.75) is 43.6 Å². The predicted molar refractivity (Wildman–Crippen MR) is 132 cm³/mol. The summed E-state index contributed by atoms with van der Waals surface area (Å²) in [7, 11) is 0. The first-order valence-corrected chi connectivity index (χ1v) is 12.4. The van der Waals surface area contributed by atoms with Gasteiger partial charge in [0.05, 0.1) is 6.20 Å². The molecule has 0 spiro atoms. The van der Waals surface area contributed by atoms with Gasteiger partial charge in [-0.2, -0.15) is 0 Å². The Morgan fingerprint density at radius 1 is 1.00 bits per heavy atom. The Morgan fingerprint density at radius 3 is 2.26 bits per heavy atom. The van der Waals surface area contributed by atoms with E-state index in [1.54, 1.807) is 0 Å². The zero-order valence-corrected chi connectivity index (χ0v) is 19.8. The van der Waals surface area contributed by atoms with Gasteiger partial charge in [-0.25, -0.2) is 14.6 Å². The topological polar surface area (TPSA) is 118 Å². The number of carbonyl (C=O) groups is 3. The number of carbonyl (C=O) groups excluding carboxylic acids is 2. The van der Waals surface area contributed by atoms with Crippen molar-refractivity contribution in [3.63, 3.8) is 0 Å². The highest BCUT2D eigenvalue weighted by molar-refractivity contribution is 7.17. The van der Waals surface area contributed by atoms with Crippen molar-refractivity contribution in [1.82, 2.24) is 10.3 Å². The molecule has 1 heterocycles. The molecule has 35 heavy (non-hydrogen) atoms. The van der Waals surface area contributed by atoms with E-state index >= 15 is 0 Å². The number of fused-ring (bicyclic) bond motifs is 3. The molecular formula is C26H25N3O5S. The summed E-state index contributed by atoms with van der Waals surface area (Å²) >= 11 is 0.976. The van der Waals surface area contributed by atoms with Gasteiger partial charge < -0.3 is 15.2 Å². The second-order valence-corrected chi connectivity index (χ2v) is 9.91. The fraction of sp³-hybridized carbons (Fsp3) is 0.308. The standard InChI is InChI=1S/C26H25N3O5S/c30-22(29-26(23(31)32)12-6-1-7-13-26)21-14-27-24(35-21)28-25(33)34-15-20-18-10-4-2-8-16(18)17-9-3-5-11-19(17)20/h2-5,8-11,14,20H,1,6-7,12-13,15H2,(H,29,30)(H,31,32)(H,27,28,33). The number of benzene rings is 2. The van der Waals surface area contributed by atoms with Crippen molar-refractivity contribution >= 4 is 34.4 Å². The Kier molecular flexibility index (Phi) is 6.25. The van der Waals surface area contributed by atoms with Crippen LogP contribution in [0.2, 0.25) is 0 Å². The minimum atomic E-state index is -1.25. The summed E-state index contributed by atoms with van der Waals surface area (Å²) in [4.78, 5) is 41.3. The van der Waals surface area contributed by atoms with E-state index in [1.807, 2.05) is 36.4 Å². The minimum Gasteiger partial charge on any atom is -0.480 e. The SMILES string of the molecule is O=C(Nc1ncc(C(=O)NC2(C(=O)O)CCCCC2)s1)OCC1c2ccccc2-c2ccccc21. The highest BCUT2D eigenvalue weighted by atomic mass is 32.1. The molecule has 0 radical (unpaired) electrons. The molecule has 9 heteroatoms. The number of anilines is 1. The van der Waals surface area contributed by atoms with Crippen LogP contribution in [0.4, 0.5) is 9.93 Å². The number of ether oxygens (including phenoxy) is 1. The number of nitrogens with zero attached hydrogens (tertiary/aromatic N) is 1. The zero-order chi connectivity index (χ0) is 24.4. The number of thiazole rings is 1. The van der Waals surface area contributed by atoms with E-state index in [0.717, 1.165) is 52.9 Å². The molecule has 0 atom stereocenters. The Labute approximate surface area is 206 Å². The largest absolute Gasteiger partial charge is 0.480 e. The number of hydrogen-bond donors (Lipinski definition) is 3. The summed E-state index contributed by atoms with van der Waals surface area (Å²) in [6.07, 6.45) is 3.93. The molecule has 1 saturated carbocycles. The highest BCUT2D eigenvalue weighted by Gasteiger charge is 2.41. The second-order valence-electron chi connectivity index (χ2n) is 8.88. The van der Waals surface area contributed by atoms with Gasteiger partial charge in [-0.1, -0.05) is 79.1 Å². The molecule has 5 rings (SSSR count). The van der Waals surface area contributed by atoms with Gasteiger partial charge in [0.1, 0.15) is 17.0 Å². The number of carboxylic acids is 1. The lowest BCUT2D eigenvalue weighted by Crippen LogP contribution is -2.55. The van der Waals surface area contributed by atoms with Crippen LogP contribution in [0.5, 0.6) is 0 Å². The van der Waals surface area contributed by atoms with Gasteiger partial charge in [0.15, 0.2) is 5.13 Å². The number of aromatic nitrogens is 1. The normalized spacial score (nSPS) is 16.1. The van der Waals surface area contributed by atoms with Crippen LogP contribution in [-0.2, 0) is 9.53 Å². The van der Waals surface area contributed by atoms with E-state index < -0.39 is 23.5 Å². The van der Waals surface area contributed by atoms with E-state index in [9.17, 15) is 19.5 Å². The summed E-state index contributed by atoms with van der Waals surface area (Å²) in [5.74, 6) is -1.59. The molecule has 8 nitrogen and oxygen atoms in total. The third-order valence-corrected chi connectivity index (χ3v) is 7.66. The Balaban J connectivity index is 1.21. The van der Waals surface area contributed by atoms with Gasteiger partial charge in [-0.05, 0) is 35.1 Å². The highest BCUT2D eigenvalue weighted by Crippen LogP contribution is 2.44. The van der Waals surface area contributed by atoms with Gasteiger partial charge in [0.25, 0.3) is 5.91 Å². The van der Waals surface area contributed by atoms with Crippen molar-refractivity contribution in [2.24, 2.45) is 0 Å². The molecule has 2 aliphatic rings. The molecular weight excluding hydrogens is 466 g/mol. The van der Waals surface area contributed by atoms with Crippen LogP contribution in [-0.4, -0.2) is 40.2 Å². The molecule has 0 aliphatic heterocycles. The zero-order valence-electron chi connectivity index (χ0n) is 19.0. The third kappa shape index (κ3) is 4.51. The van der Waals surface area contributed by atoms with Crippen molar-refractivity contribution in [2.75, 3.05) is 11.9 Å². The van der Waals surface area contributed by atoms with Crippen LogP contribution in [0.25, 0.3) is 11.1 Å². The fourth-order valence-corrected chi connectivity index (χ4v) is 5.68. The lowest BCUT2D eigenvalue weighted by atomic mass is 9.81. The maximum Gasteiger partial charge on any atom is 0.413 e. The van der Waals surface area contributed by atoms with Crippen LogP contribution in [0, 0.1) is 0 Å². The van der Waals surface area contributed by atoms with Crippen molar-refractivity contribution in [3.05, 3.63) is 70.7 Å². The van der Waals surface area contributed by atoms with E-state index in [4.69, 9.17) is 4.74 Å². The molecule has 3 aromatic rings. The molecule has 3 N–H and O–H groups in total. The Morgan fingerprint density at radius 2 is 1.63 bits per heavy atom. The van der Waals surface area contributed by atoms with Gasteiger partial charge in [0.2, 0.25) is 0 Å². The summed E-state index contributed by atoms with van der Waals surface area (Å²) in [5, 5.41) is 15.1. The van der Waals surface area contributed by atoms with Crippen LogP contribution >= 0.6 is 11.3 Å². The predicted octanol–water partition coefficient (Wildman–Crippen LogP) is 5.02. The molecule has 0 bridgehead atoms. The Hall–Kier alpha value is -3.72. The number of hydrogen-bond acceptors (Lipinski definition) is 6. The molecule has 2 amide bonds. The lowest BCUT2D eigenvalue weighted by Gasteiger charge is -2.33. The molecule has 0 saturated heterocycles. The summed E-state index contributed by atoms with van der Waals surface area (Å²) in [6.45, 7) is 0.166.